The van der Waals surface area contributed by atoms with Crippen LogP contribution in [0.25, 0.3) is 0 Å². The van der Waals surface area contributed by atoms with Crippen LogP contribution < -0.4 is 10.6 Å². The van der Waals surface area contributed by atoms with E-state index in [2.05, 4.69) is 30.6 Å². The van der Waals surface area contributed by atoms with E-state index in [1.165, 1.54) is 30.6 Å². The Morgan fingerprint density at radius 1 is 1.13 bits per heavy atom. The van der Waals surface area contributed by atoms with Crippen LogP contribution in [0.1, 0.15) is 39.3 Å². The van der Waals surface area contributed by atoms with Crippen molar-refractivity contribution in [3.63, 3.8) is 0 Å². The van der Waals surface area contributed by atoms with Crippen molar-refractivity contribution in [3.05, 3.63) is 53.7 Å². The van der Waals surface area contributed by atoms with Gasteiger partial charge < -0.3 is 10.6 Å². The molecule has 0 atom stereocenters. The highest BCUT2D eigenvalue weighted by atomic mass is 32.2. The molecule has 0 saturated heterocycles. The van der Waals surface area contributed by atoms with Crippen molar-refractivity contribution in [2.75, 3.05) is 16.9 Å². The summed E-state index contributed by atoms with van der Waals surface area (Å²) in [6, 6.07) is 6.01. The summed E-state index contributed by atoms with van der Waals surface area (Å²) in [4.78, 5) is 29.4. The number of sulfone groups is 1. The van der Waals surface area contributed by atoms with E-state index in [1.54, 1.807) is 13.0 Å². The van der Waals surface area contributed by atoms with Gasteiger partial charge >= 0.3 is 0 Å². The van der Waals surface area contributed by atoms with Gasteiger partial charge in [-0.3, -0.25) is 4.79 Å². The van der Waals surface area contributed by atoms with Gasteiger partial charge in [0.25, 0.3) is 0 Å². The van der Waals surface area contributed by atoms with Crippen LogP contribution >= 0.6 is 0 Å². The number of carbonyl (C=O) groups is 1. The quantitative estimate of drug-likeness (QED) is 0.543. The molecule has 0 fully saturated rings. The Morgan fingerprint density at radius 2 is 1.93 bits per heavy atom. The van der Waals surface area contributed by atoms with Crippen molar-refractivity contribution in [1.29, 1.82) is 0 Å². The Kier molecular flexibility index (Phi) is 4.97. The molecule has 3 rings (SSSR count). The standard InChI is InChI=1S/C20H22N6O3S/c1-5-16(27)14-11-22-18(26-19-9-12(2)23-13(3)24-19)10-15(14)25-20-17(30(4,28)29)7-6-8-21-20/h6-11H,5H2,1-4H3,(H2,21,22,23,24,25,26)/i1D3. The zero-order valence-corrected chi connectivity index (χ0v) is 17.4. The molecule has 30 heavy (non-hydrogen) atoms. The van der Waals surface area contributed by atoms with Gasteiger partial charge in [-0.15, -0.1) is 0 Å². The van der Waals surface area contributed by atoms with Crippen molar-refractivity contribution in [2.24, 2.45) is 0 Å². The number of hydrogen-bond acceptors (Lipinski definition) is 9. The first kappa shape index (κ1) is 17.5. The highest BCUT2D eigenvalue weighted by molar-refractivity contribution is 7.90. The fraction of sp³-hybridized carbons (Fsp3) is 0.250. The number of pyridine rings is 2. The minimum atomic E-state index is -3.63. The highest BCUT2D eigenvalue weighted by Crippen LogP contribution is 2.28. The zero-order chi connectivity index (χ0) is 24.4. The number of hydrogen-bond donors (Lipinski definition) is 2. The zero-order valence-electron chi connectivity index (χ0n) is 19.6. The van der Waals surface area contributed by atoms with Crippen LogP contribution in [0, 0.1) is 13.8 Å². The third kappa shape index (κ3) is 4.95. The van der Waals surface area contributed by atoms with Crippen molar-refractivity contribution in [3.8, 4) is 0 Å². The first-order valence-electron chi connectivity index (χ1n) is 10.4. The van der Waals surface area contributed by atoms with Gasteiger partial charge in [0.1, 0.15) is 28.2 Å². The maximum absolute atomic E-state index is 12.7. The minimum Gasteiger partial charge on any atom is -0.338 e. The summed E-state index contributed by atoms with van der Waals surface area (Å²) in [5.41, 5.74) is 0.865. The molecule has 0 amide bonds. The molecule has 10 heteroatoms. The average molecular weight is 430 g/mol. The number of anilines is 4. The summed E-state index contributed by atoms with van der Waals surface area (Å²) >= 11 is 0. The van der Waals surface area contributed by atoms with Crippen LogP contribution in [0.5, 0.6) is 0 Å². The molecular weight excluding hydrogens is 404 g/mol. The number of Topliss-reactive ketones (excluding diaryl/α,β-unsaturated/α-hetero) is 1. The molecule has 0 aliphatic carbocycles. The molecule has 0 saturated carbocycles. The molecule has 3 aromatic rings. The van der Waals surface area contributed by atoms with E-state index in [0.717, 1.165) is 11.9 Å². The number of aryl methyl sites for hydroxylation is 2. The van der Waals surface area contributed by atoms with Crippen LogP contribution in [-0.4, -0.2) is 40.4 Å². The van der Waals surface area contributed by atoms with Crippen LogP contribution in [0.15, 0.2) is 41.6 Å². The second-order valence-corrected chi connectivity index (χ2v) is 8.51. The van der Waals surface area contributed by atoms with Crippen LogP contribution in [-0.2, 0) is 9.84 Å². The fourth-order valence-corrected chi connectivity index (χ4v) is 3.55. The second kappa shape index (κ2) is 8.54. The fourth-order valence-electron chi connectivity index (χ4n) is 2.77. The SMILES string of the molecule is [2H]C([2H])([2H])CC(=O)c1cnc(Nc2cc(C)nc(C)n2)cc1Nc1ncccc1S(C)(=O)=O. The van der Waals surface area contributed by atoms with Crippen molar-refractivity contribution < 1.29 is 17.3 Å². The summed E-state index contributed by atoms with van der Waals surface area (Å²) in [5, 5.41) is 5.86. The van der Waals surface area contributed by atoms with Gasteiger partial charge in [0, 0.05) is 47.0 Å². The molecule has 9 nitrogen and oxygen atoms in total. The van der Waals surface area contributed by atoms with E-state index in [4.69, 9.17) is 4.11 Å². The Morgan fingerprint density at radius 3 is 2.63 bits per heavy atom. The van der Waals surface area contributed by atoms with E-state index >= 15 is 0 Å². The van der Waals surface area contributed by atoms with Crippen LogP contribution in [0.2, 0.25) is 0 Å². The molecule has 0 aromatic carbocycles. The average Bonchev–Trinajstić information content (AvgIpc) is 2.65. The minimum absolute atomic E-state index is 0.00573. The predicted octanol–water partition coefficient (Wildman–Crippen LogP) is 3.37. The lowest BCUT2D eigenvalue weighted by atomic mass is 10.1. The lowest BCUT2D eigenvalue weighted by molar-refractivity contribution is 0.0988. The molecule has 3 heterocycles. The molecule has 0 unspecified atom stereocenters. The van der Waals surface area contributed by atoms with E-state index in [0.29, 0.717) is 11.6 Å². The number of ketones is 1. The molecular formula is C20H22N6O3S. The first-order valence-corrected chi connectivity index (χ1v) is 10.8. The van der Waals surface area contributed by atoms with E-state index in [9.17, 15) is 13.2 Å². The number of nitrogens with zero attached hydrogens (tertiary/aromatic N) is 4. The third-order valence-electron chi connectivity index (χ3n) is 4.01. The summed E-state index contributed by atoms with van der Waals surface area (Å²) in [6.45, 7) is 1.07. The topological polar surface area (TPSA) is 127 Å². The number of aromatic nitrogens is 4. The van der Waals surface area contributed by atoms with Crippen LogP contribution in [0.3, 0.4) is 0 Å². The third-order valence-corrected chi connectivity index (χ3v) is 5.14. The molecule has 0 aliphatic heterocycles. The Bertz CT molecular complexity index is 1290. The first-order chi connectivity index (χ1) is 15.3. The van der Waals surface area contributed by atoms with Crippen LogP contribution in [0.4, 0.5) is 23.1 Å². The van der Waals surface area contributed by atoms with Gasteiger partial charge in [0.05, 0.1) is 11.3 Å². The van der Waals surface area contributed by atoms with Crippen molar-refractivity contribution in [1.82, 2.24) is 19.9 Å². The Labute approximate surface area is 179 Å². The lowest BCUT2D eigenvalue weighted by Crippen LogP contribution is -2.09. The van der Waals surface area contributed by atoms with Gasteiger partial charge in [-0.25, -0.2) is 28.4 Å². The van der Waals surface area contributed by atoms with Gasteiger partial charge in [-0.1, -0.05) is 6.85 Å². The monoisotopic (exact) mass is 429 g/mol. The molecule has 156 valence electrons. The van der Waals surface area contributed by atoms with Gasteiger partial charge in [0.2, 0.25) is 0 Å². The normalized spacial score (nSPS) is 13.1. The van der Waals surface area contributed by atoms with Gasteiger partial charge in [0.15, 0.2) is 15.6 Å². The summed E-state index contributed by atoms with van der Waals surface area (Å²) in [6.07, 6.45) is 2.95. The largest absolute Gasteiger partial charge is 0.338 e. The number of carbonyl (C=O) groups excluding carboxylic acids is 1. The number of rotatable bonds is 7. The molecule has 0 bridgehead atoms. The van der Waals surface area contributed by atoms with Crippen molar-refractivity contribution in [2.45, 2.75) is 32.0 Å². The molecule has 0 spiro atoms. The van der Waals surface area contributed by atoms with Gasteiger partial charge in [-0.2, -0.15) is 0 Å². The summed E-state index contributed by atoms with van der Waals surface area (Å²) in [7, 11) is -3.63. The van der Waals surface area contributed by atoms with Gasteiger partial charge in [-0.05, 0) is 26.0 Å². The Balaban J connectivity index is 2.06. The molecule has 0 radical (unpaired) electrons. The summed E-state index contributed by atoms with van der Waals surface area (Å²) in [5.74, 6) is 0.620. The second-order valence-electron chi connectivity index (χ2n) is 6.53. The maximum Gasteiger partial charge on any atom is 0.179 e. The van der Waals surface area contributed by atoms with E-state index in [1.807, 2.05) is 6.92 Å². The van der Waals surface area contributed by atoms with E-state index < -0.39 is 28.9 Å². The molecule has 3 aromatic heterocycles. The Hall–Kier alpha value is -3.40. The highest BCUT2D eigenvalue weighted by Gasteiger charge is 2.18. The lowest BCUT2D eigenvalue weighted by Gasteiger charge is -2.14. The summed E-state index contributed by atoms with van der Waals surface area (Å²) < 4.78 is 46.5. The molecule has 0 aliphatic rings. The molecule has 2 N–H and O–H groups in total. The van der Waals surface area contributed by atoms with E-state index in [-0.39, 0.29) is 27.8 Å². The smallest absolute Gasteiger partial charge is 0.179 e. The maximum atomic E-state index is 12.7. The predicted molar refractivity (Wildman–Crippen MR) is 114 cm³/mol. The number of nitrogens with one attached hydrogen (secondary N) is 2. The van der Waals surface area contributed by atoms with Crippen molar-refractivity contribution >= 4 is 38.8 Å².